The van der Waals surface area contributed by atoms with Gasteiger partial charge in [-0.3, -0.25) is 24.2 Å². The topological polar surface area (TPSA) is 141 Å². The van der Waals surface area contributed by atoms with Gasteiger partial charge in [-0.2, -0.15) is 0 Å². The summed E-state index contributed by atoms with van der Waals surface area (Å²) in [4.78, 5) is 59.6. The standard InChI is InChI=1S/C33H49N5O7/c1-21(38(32(42)43)20-33(2,3)4)29(39)35-28(22-11-15-44-16-12-22)31(41)37-18-23-8-7-14-36(23)19-26(37)30(40)34-25-13-17-45-27-10-6-5-9-24(25)27/h5-6,9-10,21-23,25-26,28H,7-8,11-20H2,1-4H3,(H,34,40)(H,35,39)(H,42,43)/t21-,23+,25+,26-,28-/m0/s1. The first-order chi connectivity index (χ1) is 21.4. The van der Waals surface area contributed by atoms with Gasteiger partial charge in [0.25, 0.3) is 0 Å². The zero-order chi connectivity index (χ0) is 32.3. The van der Waals surface area contributed by atoms with Crippen molar-refractivity contribution in [2.75, 3.05) is 46.0 Å². The van der Waals surface area contributed by atoms with Crippen molar-refractivity contribution < 1.29 is 33.8 Å². The molecule has 4 heterocycles. The van der Waals surface area contributed by atoms with Gasteiger partial charge in [-0.05, 0) is 56.6 Å². The van der Waals surface area contributed by atoms with E-state index in [1.807, 2.05) is 45.0 Å². The summed E-state index contributed by atoms with van der Waals surface area (Å²) in [6.45, 7) is 10.6. The van der Waals surface area contributed by atoms with E-state index in [4.69, 9.17) is 9.47 Å². The van der Waals surface area contributed by atoms with Crippen molar-refractivity contribution in [3.63, 3.8) is 0 Å². The maximum Gasteiger partial charge on any atom is 0.407 e. The summed E-state index contributed by atoms with van der Waals surface area (Å²) in [7, 11) is 0. The zero-order valence-corrected chi connectivity index (χ0v) is 27.0. The Balaban J connectivity index is 1.39. The molecule has 0 unspecified atom stereocenters. The number of benzene rings is 1. The zero-order valence-electron chi connectivity index (χ0n) is 27.0. The van der Waals surface area contributed by atoms with Gasteiger partial charge >= 0.3 is 6.09 Å². The Morgan fingerprint density at radius 1 is 1.04 bits per heavy atom. The average Bonchev–Trinajstić information content (AvgIpc) is 3.49. The van der Waals surface area contributed by atoms with Crippen LogP contribution in [-0.2, 0) is 19.1 Å². The number of piperazine rings is 1. The molecular weight excluding hydrogens is 578 g/mol. The summed E-state index contributed by atoms with van der Waals surface area (Å²) in [5.41, 5.74) is 0.555. The summed E-state index contributed by atoms with van der Waals surface area (Å²) in [6, 6.07) is 4.97. The lowest BCUT2D eigenvalue weighted by Gasteiger charge is -2.45. The monoisotopic (exact) mass is 627 g/mol. The molecule has 0 aromatic heterocycles. The number of amides is 4. The third-order valence-electron chi connectivity index (χ3n) is 9.59. The molecule has 1 aromatic rings. The fourth-order valence-corrected chi connectivity index (χ4v) is 7.15. The van der Waals surface area contributed by atoms with Gasteiger partial charge in [-0.25, -0.2) is 4.79 Å². The van der Waals surface area contributed by atoms with Gasteiger partial charge < -0.3 is 30.1 Å². The summed E-state index contributed by atoms with van der Waals surface area (Å²) in [6.07, 6.45) is 2.54. The van der Waals surface area contributed by atoms with Crippen LogP contribution < -0.4 is 15.4 Å². The van der Waals surface area contributed by atoms with Crippen LogP contribution in [0.1, 0.15) is 71.4 Å². The summed E-state index contributed by atoms with van der Waals surface area (Å²) >= 11 is 0. The van der Waals surface area contributed by atoms with E-state index in [0.29, 0.717) is 52.2 Å². The number of nitrogens with zero attached hydrogens (tertiary/aromatic N) is 3. The Labute approximate surface area is 265 Å². The molecule has 3 N–H and O–H groups in total. The molecule has 248 valence electrons. The maximum absolute atomic E-state index is 14.6. The quantitative estimate of drug-likeness (QED) is 0.400. The van der Waals surface area contributed by atoms with Gasteiger partial charge in [0.05, 0.1) is 12.6 Å². The summed E-state index contributed by atoms with van der Waals surface area (Å²) in [5.74, 6) is -0.479. The van der Waals surface area contributed by atoms with E-state index in [0.717, 1.165) is 35.6 Å². The number of fused-ring (bicyclic) bond motifs is 2. The molecule has 0 radical (unpaired) electrons. The van der Waals surface area contributed by atoms with E-state index in [9.17, 15) is 24.3 Å². The van der Waals surface area contributed by atoms with Gasteiger partial charge in [-0.15, -0.1) is 0 Å². The molecule has 0 spiro atoms. The van der Waals surface area contributed by atoms with Crippen LogP contribution in [-0.4, -0.2) is 114 Å². The van der Waals surface area contributed by atoms with E-state index in [2.05, 4.69) is 15.5 Å². The highest BCUT2D eigenvalue weighted by atomic mass is 16.5. The Morgan fingerprint density at radius 3 is 2.49 bits per heavy atom. The number of hydrogen-bond donors (Lipinski definition) is 3. The third-order valence-corrected chi connectivity index (χ3v) is 9.59. The normalized spacial score (nSPS) is 25.2. The molecule has 1 aromatic carbocycles. The van der Waals surface area contributed by atoms with Gasteiger partial charge in [-0.1, -0.05) is 39.0 Å². The average molecular weight is 628 g/mol. The SMILES string of the molecule is C[C@@H](C(=O)N[C@H](C(=O)N1C[C@H]2CCCN2C[C@H]1C(=O)N[C@@H]1CCOc2ccccc21)C1CCOCC1)N(CC(C)(C)C)C(=O)O. The van der Waals surface area contributed by atoms with Crippen molar-refractivity contribution >= 4 is 23.8 Å². The number of hydrogen-bond acceptors (Lipinski definition) is 7. The fourth-order valence-electron chi connectivity index (χ4n) is 7.15. The highest BCUT2D eigenvalue weighted by Gasteiger charge is 2.46. The number of carboxylic acid groups (broad SMARTS) is 1. The van der Waals surface area contributed by atoms with Gasteiger partial charge in [0.2, 0.25) is 17.7 Å². The molecule has 12 heteroatoms. The number of para-hydroxylation sites is 1. The van der Waals surface area contributed by atoms with Crippen molar-refractivity contribution in [1.82, 2.24) is 25.3 Å². The smallest absolute Gasteiger partial charge is 0.407 e. The van der Waals surface area contributed by atoms with Crippen molar-refractivity contribution in [3.8, 4) is 5.75 Å². The van der Waals surface area contributed by atoms with Crippen molar-refractivity contribution in [3.05, 3.63) is 29.8 Å². The lowest BCUT2D eigenvalue weighted by atomic mass is 9.89. The molecule has 45 heavy (non-hydrogen) atoms. The Bertz CT molecular complexity index is 1250. The van der Waals surface area contributed by atoms with Crippen LogP contribution >= 0.6 is 0 Å². The van der Waals surface area contributed by atoms with Crippen LogP contribution in [0.2, 0.25) is 0 Å². The highest BCUT2D eigenvalue weighted by molar-refractivity contribution is 5.94. The first-order valence-electron chi connectivity index (χ1n) is 16.4. The van der Waals surface area contributed by atoms with Crippen molar-refractivity contribution in [2.24, 2.45) is 11.3 Å². The first-order valence-corrected chi connectivity index (χ1v) is 16.4. The molecule has 3 fully saturated rings. The third kappa shape index (κ3) is 7.71. The number of ether oxygens (including phenoxy) is 2. The molecule has 0 saturated carbocycles. The molecule has 3 saturated heterocycles. The van der Waals surface area contributed by atoms with E-state index >= 15 is 0 Å². The molecule has 4 aliphatic heterocycles. The van der Waals surface area contributed by atoms with Crippen LogP contribution in [0, 0.1) is 11.3 Å². The number of rotatable bonds is 8. The van der Waals surface area contributed by atoms with Crippen LogP contribution in [0.15, 0.2) is 24.3 Å². The molecule has 0 aliphatic carbocycles. The van der Waals surface area contributed by atoms with E-state index < -0.39 is 30.1 Å². The predicted octanol–water partition coefficient (Wildman–Crippen LogP) is 2.63. The molecule has 5 atom stereocenters. The fraction of sp³-hybridized carbons (Fsp3) is 0.697. The summed E-state index contributed by atoms with van der Waals surface area (Å²) in [5, 5.41) is 16.1. The second-order valence-electron chi connectivity index (χ2n) is 14.1. The number of carbonyl (C=O) groups excluding carboxylic acids is 3. The molecular formula is C33H49N5O7. The van der Waals surface area contributed by atoms with Crippen LogP contribution in [0.4, 0.5) is 4.79 Å². The highest BCUT2D eigenvalue weighted by Crippen LogP contribution is 2.33. The van der Waals surface area contributed by atoms with Crippen LogP contribution in [0.3, 0.4) is 0 Å². The van der Waals surface area contributed by atoms with E-state index in [-0.39, 0.29) is 41.8 Å². The number of nitrogens with one attached hydrogen (secondary N) is 2. The maximum atomic E-state index is 14.6. The minimum Gasteiger partial charge on any atom is -0.493 e. The summed E-state index contributed by atoms with van der Waals surface area (Å²) < 4.78 is 11.4. The lowest BCUT2D eigenvalue weighted by Crippen LogP contribution is -2.67. The molecule has 5 rings (SSSR count). The molecule has 4 amide bonds. The minimum absolute atomic E-state index is 0.154. The van der Waals surface area contributed by atoms with Crippen LogP contribution in [0.5, 0.6) is 5.75 Å². The Morgan fingerprint density at radius 2 is 1.78 bits per heavy atom. The Kier molecular flexibility index (Phi) is 10.2. The Hall–Kier alpha value is -3.38. The van der Waals surface area contributed by atoms with Gasteiger partial charge in [0.1, 0.15) is 23.9 Å². The van der Waals surface area contributed by atoms with Crippen molar-refractivity contribution in [1.29, 1.82) is 0 Å². The first kappa shape index (κ1) is 33.0. The molecule has 12 nitrogen and oxygen atoms in total. The van der Waals surface area contributed by atoms with Gasteiger partial charge in [0, 0.05) is 50.9 Å². The number of carbonyl (C=O) groups is 4. The predicted molar refractivity (Wildman–Crippen MR) is 167 cm³/mol. The van der Waals surface area contributed by atoms with E-state index in [1.165, 1.54) is 0 Å². The largest absolute Gasteiger partial charge is 0.493 e. The second kappa shape index (κ2) is 13.9. The van der Waals surface area contributed by atoms with Crippen LogP contribution in [0.25, 0.3) is 0 Å². The molecule has 0 bridgehead atoms. The van der Waals surface area contributed by atoms with Gasteiger partial charge in [0.15, 0.2) is 0 Å². The van der Waals surface area contributed by atoms with E-state index in [1.54, 1.807) is 11.8 Å². The van der Waals surface area contributed by atoms with Crippen molar-refractivity contribution in [2.45, 2.75) is 90.0 Å². The molecule has 4 aliphatic rings. The minimum atomic E-state index is -1.19. The second-order valence-corrected chi connectivity index (χ2v) is 14.1. The lowest BCUT2D eigenvalue weighted by molar-refractivity contribution is -0.150.